The van der Waals surface area contributed by atoms with Crippen LogP contribution >= 0.6 is 27.7 Å². The predicted octanol–water partition coefficient (Wildman–Crippen LogP) is 3.90. The molecule has 0 aliphatic carbocycles. The van der Waals surface area contributed by atoms with Crippen molar-refractivity contribution >= 4 is 33.4 Å². The molecule has 0 spiro atoms. The Morgan fingerprint density at radius 1 is 1.33 bits per heavy atom. The van der Waals surface area contributed by atoms with Gasteiger partial charge in [-0.2, -0.15) is 11.8 Å². The van der Waals surface area contributed by atoms with E-state index in [1.807, 2.05) is 11.8 Å². The van der Waals surface area contributed by atoms with Crippen LogP contribution in [0.1, 0.15) is 12.8 Å². The SMILES string of the molecule is Fc1ccc(NC2CCSCC2)cc1Br. The fraction of sp³-hybridized carbons (Fsp3) is 0.455. The second-order valence-corrected chi connectivity index (χ2v) is 5.74. The molecule has 1 nitrogen and oxygen atoms in total. The molecule has 0 bridgehead atoms. The summed E-state index contributed by atoms with van der Waals surface area (Å²) in [6.45, 7) is 0. The summed E-state index contributed by atoms with van der Waals surface area (Å²) in [7, 11) is 0. The average molecular weight is 290 g/mol. The minimum Gasteiger partial charge on any atom is -0.382 e. The van der Waals surface area contributed by atoms with Gasteiger partial charge in [-0.25, -0.2) is 4.39 Å². The molecule has 1 fully saturated rings. The van der Waals surface area contributed by atoms with Crippen LogP contribution < -0.4 is 5.32 Å². The maximum atomic E-state index is 13.0. The predicted molar refractivity (Wildman–Crippen MR) is 68.1 cm³/mol. The normalized spacial score (nSPS) is 17.7. The molecular formula is C11H13BrFNS. The number of halogens is 2. The maximum absolute atomic E-state index is 13.0. The van der Waals surface area contributed by atoms with Crippen LogP contribution in [0.2, 0.25) is 0 Å². The fourth-order valence-electron chi connectivity index (χ4n) is 1.66. The number of hydrogen-bond donors (Lipinski definition) is 1. The third-order valence-electron chi connectivity index (χ3n) is 2.51. The highest BCUT2D eigenvalue weighted by Gasteiger charge is 2.13. The van der Waals surface area contributed by atoms with E-state index < -0.39 is 0 Å². The van der Waals surface area contributed by atoms with Crippen LogP contribution in [0.5, 0.6) is 0 Å². The number of thioether (sulfide) groups is 1. The molecule has 2 rings (SSSR count). The zero-order valence-corrected chi connectivity index (χ0v) is 10.7. The Morgan fingerprint density at radius 3 is 2.73 bits per heavy atom. The molecule has 1 aromatic carbocycles. The van der Waals surface area contributed by atoms with Crippen molar-refractivity contribution in [3.63, 3.8) is 0 Å². The molecule has 0 unspecified atom stereocenters. The number of hydrogen-bond acceptors (Lipinski definition) is 2. The second-order valence-electron chi connectivity index (χ2n) is 3.66. The minimum atomic E-state index is -0.209. The van der Waals surface area contributed by atoms with Crippen LogP contribution in [0.15, 0.2) is 22.7 Å². The number of anilines is 1. The zero-order valence-electron chi connectivity index (χ0n) is 8.30. The summed E-state index contributed by atoms with van der Waals surface area (Å²) in [6, 6.07) is 5.63. The molecule has 0 radical (unpaired) electrons. The van der Waals surface area contributed by atoms with Gasteiger partial charge in [0.25, 0.3) is 0 Å². The quantitative estimate of drug-likeness (QED) is 0.886. The van der Waals surface area contributed by atoms with Gasteiger partial charge in [-0.3, -0.25) is 0 Å². The fourth-order valence-corrected chi connectivity index (χ4v) is 3.15. The Bertz CT molecular complexity index is 339. The minimum absolute atomic E-state index is 0.209. The monoisotopic (exact) mass is 289 g/mol. The van der Waals surface area contributed by atoms with Crippen molar-refractivity contribution in [2.24, 2.45) is 0 Å². The van der Waals surface area contributed by atoms with E-state index in [1.165, 1.54) is 30.4 Å². The van der Waals surface area contributed by atoms with E-state index in [0.717, 1.165) is 5.69 Å². The van der Waals surface area contributed by atoms with E-state index in [4.69, 9.17) is 0 Å². The topological polar surface area (TPSA) is 12.0 Å². The van der Waals surface area contributed by atoms with Crippen molar-refractivity contribution in [2.75, 3.05) is 16.8 Å². The highest BCUT2D eigenvalue weighted by molar-refractivity contribution is 9.10. The van der Waals surface area contributed by atoms with Crippen molar-refractivity contribution in [1.82, 2.24) is 0 Å². The molecule has 15 heavy (non-hydrogen) atoms. The molecule has 82 valence electrons. The first-order valence-electron chi connectivity index (χ1n) is 5.05. The summed E-state index contributed by atoms with van der Waals surface area (Å²) < 4.78 is 13.5. The maximum Gasteiger partial charge on any atom is 0.137 e. The van der Waals surface area contributed by atoms with Gasteiger partial charge < -0.3 is 5.32 Å². The molecule has 1 aromatic rings. The summed E-state index contributed by atoms with van der Waals surface area (Å²) >= 11 is 5.20. The van der Waals surface area contributed by atoms with Gasteiger partial charge in [0.05, 0.1) is 4.47 Å². The van der Waals surface area contributed by atoms with Gasteiger partial charge in [0.15, 0.2) is 0 Å². The summed E-state index contributed by atoms with van der Waals surface area (Å²) in [5.41, 5.74) is 1.00. The molecule has 1 aliphatic heterocycles. The smallest absolute Gasteiger partial charge is 0.137 e. The third-order valence-corrected chi connectivity index (χ3v) is 4.17. The lowest BCUT2D eigenvalue weighted by Gasteiger charge is -2.23. The first-order chi connectivity index (χ1) is 7.25. The van der Waals surface area contributed by atoms with Crippen LogP contribution in [-0.2, 0) is 0 Å². The van der Waals surface area contributed by atoms with E-state index in [1.54, 1.807) is 12.1 Å². The highest BCUT2D eigenvalue weighted by atomic mass is 79.9. The molecule has 4 heteroatoms. The van der Waals surface area contributed by atoms with Gasteiger partial charge in [-0.1, -0.05) is 0 Å². The highest BCUT2D eigenvalue weighted by Crippen LogP contribution is 2.24. The second kappa shape index (κ2) is 5.21. The first kappa shape index (κ1) is 11.3. The molecule has 0 saturated carbocycles. The van der Waals surface area contributed by atoms with Crippen LogP contribution in [0.25, 0.3) is 0 Å². The number of nitrogens with one attached hydrogen (secondary N) is 1. The van der Waals surface area contributed by atoms with E-state index >= 15 is 0 Å². The molecular weight excluding hydrogens is 277 g/mol. The lowest BCUT2D eigenvalue weighted by Crippen LogP contribution is -2.24. The van der Waals surface area contributed by atoms with Gasteiger partial charge in [-0.15, -0.1) is 0 Å². The Balaban J connectivity index is 2.00. The van der Waals surface area contributed by atoms with E-state index in [0.29, 0.717) is 10.5 Å². The largest absolute Gasteiger partial charge is 0.382 e. The van der Waals surface area contributed by atoms with E-state index in [2.05, 4.69) is 21.2 Å². The molecule has 0 amide bonds. The van der Waals surface area contributed by atoms with Crippen LogP contribution in [0, 0.1) is 5.82 Å². The zero-order chi connectivity index (χ0) is 10.7. The van der Waals surface area contributed by atoms with Crippen molar-refractivity contribution < 1.29 is 4.39 Å². The standard InChI is InChI=1S/C11H13BrFNS/c12-10-7-9(1-2-11(10)13)14-8-3-5-15-6-4-8/h1-2,7-8,14H,3-6H2. The lowest BCUT2D eigenvalue weighted by atomic mass is 10.1. The lowest BCUT2D eigenvalue weighted by molar-refractivity contribution is 0.620. The van der Waals surface area contributed by atoms with Gasteiger partial charge in [-0.05, 0) is 58.5 Å². The molecule has 0 atom stereocenters. The number of benzene rings is 1. The Labute approximate surface area is 102 Å². The summed E-state index contributed by atoms with van der Waals surface area (Å²) in [5, 5.41) is 3.44. The van der Waals surface area contributed by atoms with Gasteiger partial charge in [0.2, 0.25) is 0 Å². The van der Waals surface area contributed by atoms with Crippen LogP contribution in [0.4, 0.5) is 10.1 Å². The molecule has 1 heterocycles. The van der Waals surface area contributed by atoms with Crippen molar-refractivity contribution in [3.8, 4) is 0 Å². The number of rotatable bonds is 2. The van der Waals surface area contributed by atoms with Crippen molar-refractivity contribution in [2.45, 2.75) is 18.9 Å². The Kier molecular flexibility index (Phi) is 3.92. The Morgan fingerprint density at radius 2 is 2.07 bits per heavy atom. The summed E-state index contributed by atoms with van der Waals surface area (Å²) in [4.78, 5) is 0. The molecule has 1 N–H and O–H groups in total. The average Bonchev–Trinajstić information content (AvgIpc) is 2.25. The molecule has 1 saturated heterocycles. The van der Waals surface area contributed by atoms with Crippen molar-refractivity contribution in [3.05, 3.63) is 28.5 Å². The Hall–Kier alpha value is -0.220. The first-order valence-corrected chi connectivity index (χ1v) is 7.00. The summed E-state index contributed by atoms with van der Waals surface area (Å²) in [6.07, 6.45) is 2.39. The van der Waals surface area contributed by atoms with Crippen LogP contribution in [-0.4, -0.2) is 17.5 Å². The third kappa shape index (κ3) is 3.11. The van der Waals surface area contributed by atoms with Crippen molar-refractivity contribution in [1.29, 1.82) is 0 Å². The van der Waals surface area contributed by atoms with Crippen LogP contribution in [0.3, 0.4) is 0 Å². The van der Waals surface area contributed by atoms with E-state index in [-0.39, 0.29) is 5.82 Å². The van der Waals surface area contributed by atoms with E-state index in [9.17, 15) is 4.39 Å². The van der Waals surface area contributed by atoms with Gasteiger partial charge in [0, 0.05) is 11.7 Å². The van der Waals surface area contributed by atoms with Gasteiger partial charge >= 0.3 is 0 Å². The molecule has 1 aliphatic rings. The molecule has 0 aromatic heterocycles. The van der Waals surface area contributed by atoms with Gasteiger partial charge in [0.1, 0.15) is 5.82 Å². The summed E-state index contributed by atoms with van der Waals surface area (Å²) in [5.74, 6) is 2.24.